The van der Waals surface area contributed by atoms with Gasteiger partial charge in [0.15, 0.2) is 0 Å². The van der Waals surface area contributed by atoms with E-state index >= 15 is 0 Å². The molecule has 0 aliphatic carbocycles. The maximum absolute atomic E-state index is 12.9. The molecule has 1 atom stereocenters. The molecule has 2 heterocycles. The van der Waals surface area contributed by atoms with Gasteiger partial charge < -0.3 is 10.2 Å². The molecule has 5 nitrogen and oxygen atoms in total. The number of carbonyl (C=O) groups excluding carboxylic acids is 1. The molecule has 0 bridgehead atoms. The standard InChI is InChI=1S/C16H22N2O3S/c19-16(14-6-10-22(20,21)11-7-14)18-9-8-17-12-15(18)13-4-2-1-3-5-13/h1-5,14-15,17H,6-12H2. The molecule has 1 aromatic rings. The molecule has 1 aromatic carbocycles. The van der Waals surface area contributed by atoms with Gasteiger partial charge in [-0.3, -0.25) is 4.79 Å². The molecule has 6 heteroatoms. The minimum Gasteiger partial charge on any atom is -0.333 e. The highest BCUT2D eigenvalue weighted by Gasteiger charge is 2.35. The molecule has 2 aliphatic rings. The zero-order valence-electron chi connectivity index (χ0n) is 12.6. The second kappa shape index (κ2) is 6.38. The SMILES string of the molecule is O=C(C1CCS(=O)(=O)CC1)N1CCNCC1c1ccccc1. The molecule has 120 valence electrons. The Morgan fingerprint density at radius 3 is 2.50 bits per heavy atom. The lowest BCUT2D eigenvalue weighted by Gasteiger charge is -2.39. The first-order valence-electron chi connectivity index (χ1n) is 7.83. The van der Waals surface area contributed by atoms with Gasteiger partial charge in [0.2, 0.25) is 5.91 Å². The van der Waals surface area contributed by atoms with Crippen LogP contribution in [0.5, 0.6) is 0 Å². The number of nitrogens with zero attached hydrogens (tertiary/aromatic N) is 1. The Morgan fingerprint density at radius 1 is 1.14 bits per heavy atom. The Balaban J connectivity index is 1.75. The maximum Gasteiger partial charge on any atom is 0.226 e. The van der Waals surface area contributed by atoms with Gasteiger partial charge in [-0.2, -0.15) is 0 Å². The number of sulfone groups is 1. The van der Waals surface area contributed by atoms with Crippen LogP contribution in [0.25, 0.3) is 0 Å². The van der Waals surface area contributed by atoms with Gasteiger partial charge in [-0.25, -0.2) is 8.42 Å². The van der Waals surface area contributed by atoms with Gasteiger partial charge in [-0.15, -0.1) is 0 Å². The van der Waals surface area contributed by atoms with E-state index in [0.29, 0.717) is 19.4 Å². The van der Waals surface area contributed by atoms with Crippen LogP contribution in [-0.2, 0) is 14.6 Å². The summed E-state index contributed by atoms with van der Waals surface area (Å²) in [6.45, 7) is 2.22. The second-order valence-electron chi connectivity index (χ2n) is 6.09. The van der Waals surface area contributed by atoms with E-state index in [1.54, 1.807) is 0 Å². The van der Waals surface area contributed by atoms with Gasteiger partial charge in [0.25, 0.3) is 0 Å². The first kappa shape index (κ1) is 15.5. The van der Waals surface area contributed by atoms with Gasteiger partial charge in [0, 0.05) is 25.6 Å². The summed E-state index contributed by atoms with van der Waals surface area (Å²) < 4.78 is 23.1. The number of amides is 1. The van der Waals surface area contributed by atoms with Crippen molar-refractivity contribution in [3.63, 3.8) is 0 Å². The van der Waals surface area contributed by atoms with Gasteiger partial charge in [-0.1, -0.05) is 30.3 Å². The van der Waals surface area contributed by atoms with E-state index < -0.39 is 9.84 Å². The van der Waals surface area contributed by atoms with Crippen LogP contribution in [0.4, 0.5) is 0 Å². The maximum atomic E-state index is 12.9. The molecule has 22 heavy (non-hydrogen) atoms. The van der Waals surface area contributed by atoms with Crippen molar-refractivity contribution in [1.82, 2.24) is 10.2 Å². The Morgan fingerprint density at radius 2 is 1.82 bits per heavy atom. The van der Waals surface area contributed by atoms with Crippen LogP contribution in [0.2, 0.25) is 0 Å². The molecule has 1 amide bonds. The minimum absolute atomic E-state index is 0.0426. The number of hydrogen-bond donors (Lipinski definition) is 1. The molecule has 1 unspecified atom stereocenters. The second-order valence-corrected chi connectivity index (χ2v) is 8.39. The normalized spacial score (nSPS) is 25.8. The number of piperazine rings is 1. The highest BCUT2D eigenvalue weighted by molar-refractivity contribution is 7.91. The zero-order valence-corrected chi connectivity index (χ0v) is 13.4. The highest BCUT2D eigenvalue weighted by Crippen LogP contribution is 2.28. The average Bonchev–Trinajstić information content (AvgIpc) is 2.55. The Hall–Kier alpha value is -1.40. The number of nitrogens with one attached hydrogen (secondary N) is 1. The van der Waals surface area contributed by atoms with Gasteiger partial charge in [0.05, 0.1) is 17.5 Å². The van der Waals surface area contributed by atoms with Crippen molar-refractivity contribution < 1.29 is 13.2 Å². The summed E-state index contributed by atoms with van der Waals surface area (Å²) in [5, 5.41) is 3.34. The van der Waals surface area contributed by atoms with Crippen LogP contribution in [0, 0.1) is 5.92 Å². The molecule has 1 N–H and O–H groups in total. The van der Waals surface area contributed by atoms with E-state index in [9.17, 15) is 13.2 Å². The molecule has 0 saturated carbocycles. The van der Waals surface area contributed by atoms with Gasteiger partial charge in [-0.05, 0) is 18.4 Å². The fourth-order valence-electron chi connectivity index (χ4n) is 3.31. The fourth-order valence-corrected chi connectivity index (χ4v) is 4.80. The third kappa shape index (κ3) is 3.33. The Labute approximate surface area is 131 Å². The Kier molecular flexibility index (Phi) is 4.49. The van der Waals surface area contributed by atoms with Gasteiger partial charge in [0.1, 0.15) is 9.84 Å². The Bertz CT molecular complexity index is 616. The van der Waals surface area contributed by atoms with E-state index in [0.717, 1.165) is 18.7 Å². The largest absolute Gasteiger partial charge is 0.333 e. The van der Waals surface area contributed by atoms with Crippen LogP contribution >= 0.6 is 0 Å². The summed E-state index contributed by atoms with van der Waals surface area (Å²) in [5.41, 5.74) is 1.13. The summed E-state index contributed by atoms with van der Waals surface area (Å²) in [5.74, 6) is 0.259. The lowest BCUT2D eigenvalue weighted by molar-refractivity contribution is -0.139. The number of carbonyl (C=O) groups is 1. The predicted molar refractivity (Wildman–Crippen MR) is 85.1 cm³/mol. The van der Waals surface area contributed by atoms with Crippen molar-refractivity contribution >= 4 is 15.7 Å². The van der Waals surface area contributed by atoms with Crippen molar-refractivity contribution in [1.29, 1.82) is 0 Å². The fraction of sp³-hybridized carbons (Fsp3) is 0.562. The summed E-state index contributed by atoms with van der Waals surface area (Å²) in [6, 6.07) is 10.1. The molecule has 2 saturated heterocycles. The molecule has 0 radical (unpaired) electrons. The van der Waals surface area contributed by atoms with Crippen molar-refractivity contribution in [3.05, 3.63) is 35.9 Å². The summed E-state index contributed by atoms with van der Waals surface area (Å²) in [6.07, 6.45) is 0.930. The molecule has 2 aliphatic heterocycles. The van der Waals surface area contributed by atoms with Gasteiger partial charge >= 0.3 is 0 Å². The van der Waals surface area contributed by atoms with Crippen molar-refractivity contribution in [3.8, 4) is 0 Å². The number of benzene rings is 1. The lowest BCUT2D eigenvalue weighted by atomic mass is 9.97. The zero-order chi connectivity index (χ0) is 15.6. The van der Waals surface area contributed by atoms with Crippen molar-refractivity contribution in [2.24, 2.45) is 5.92 Å². The molecule has 3 rings (SSSR count). The number of rotatable bonds is 2. The van der Waals surface area contributed by atoms with E-state index in [2.05, 4.69) is 5.32 Å². The predicted octanol–water partition coefficient (Wildman–Crippen LogP) is 0.984. The molecule has 2 fully saturated rings. The lowest BCUT2D eigenvalue weighted by Crippen LogP contribution is -2.51. The number of hydrogen-bond acceptors (Lipinski definition) is 4. The minimum atomic E-state index is -2.93. The smallest absolute Gasteiger partial charge is 0.226 e. The van der Waals surface area contributed by atoms with E-state index in [-0.39, 0.29) is 29.4 Å². The van der Waals surface area contributed by atoms with E-state index in [1.165, 1.54) is 0 Å². The van der Waals surface area contributed by atoms with Crippen molar-refractivity contribution in [2.75, 3.05) is 31.1 Å². The highest BCUT2D eigenvalue weighted by atomic mass is 32.2. The first-order valence-corrected chi connectivity index (χ1v) is 9.65. The summed E-state index contributed by atoms with van der Waals surface area (Å²) in [7, 11) is -2.93. The molecule has 0 aromatic heterocycles. The van der Waals surface area contributed by atoms with Crippen LogP contribution in [0.15, 0.2) is 30.3 Å². The third-order valence-corrected chi connectivity index (χ3v) is 6.33. The molecular formula is C16H22N2O3S. The van der Waals surface area contributed by atoms with Crippen LogP contribution < -0.4 is 5.32 Å². The summed E-state index contributed by atoms with van der Waals surface area (Å²) >= 11 is 0. The third-order valence-electron chi connectivity index (χ3n) is 4.61. The molecular weight excluding hydrogens is 300 g/mol. The topological polar surface area (TPSA) is 66.5 Å². The van der Waals surface area contributed by atoms with Crippen LogP contribution in [0.1, 0.15) is 24.4 Å². The van der Waals surface area contributed by atoms with Crippen LogP contribution in [0.3, 0.4) is 0 Å². The van der Waals surface area contributed by atoms with E-state index in [1.807, 2.05) is 35.2 Å². The molecule has 0 spiro atoms. The monoisotopic (exact) mass is 322 g/mol. The van der Waals surface area contributed by atoms with Crippen LogP contribution in [-0.4, -0.2) is 50.4 Å². The average molecular weight is 322 g/mol. The quantitative estimate of drug-likeness (QED) is 0.881. The van der Waals surface area contributed by atoms with Crippen molar-refractivity contribution in [2.45, 2.75) is 18.9 Å². The summed E-state index contributed by atoms with van der Waals surface area (Å²) in [4.78, 5) is 14.8. The first-order chi connectivity index (χ1) is 10.6. The van der Waals surface area contributed by atoms with E-state index in [4.69, 9.17) is 0 Å².